The largest absolute Gasteiger partial charge is 0.419 e. The van der Waals surface area contributed by atoms with Crippen molar-refractivity contribution < 1.29 is 13.2 Å². The fraction of sp³-hybridized carbons (Fsp3) is 0.519. The van der Waals surface area contributed by atoms with Gasteiger partial charge in [0.15, 0.2) is 0 Å². The first-order chi connectivity index (χ1) is 17.1. The lowest BCUT2D eigenvalue weighted by molar-refractivity contribution is -0.137. The number of allylic oxidation sites excluding steroid dienone is 4. The fourth-order valence-corrected chi connectivity index (χ4v) is 4.72. The van der Waals surface area contributed by atoms with E-state index in [1.807, 2.05) is 6.07 Å². The molecule has 6 nitrogen and oxygen atoms in total. The number of pyridine rings is 1. The third-order valence-electron chi connectivity index (χ3n) is 6.82. The van der Waals surface area contributed by atoms with E-state index >= 15 is 0 Å². The number of hydrogen-bond acceptors (Lipinski definition) is 6. The predicted molar refractivity (Wildman–Crippen MR) is 139 cm³/mol. The summed E-state index contributed by atoms with van der Waals surface area (Å²) in [5.41, 5.74) is 1.48. The lowest BCUT2D eigenvalue weighted by Crippen LogP contribution is -2.47. The molecule has 9 heteroatoms. The van der Waals surface area contributed by atoms with E-state index in [-0.39, 0.29) is 11.7 Å². The summed E-state index contributed by atoms with van der Waals surface area (Å²) in [5, 5.41) is 0. The summed E-state index contributed by atoms with van der Waals surface area (Å²) < 4.78 is 40.5. The minimum absolute atomic E-state index is 0.00219. The summed E-state index contributed by atoms with van der Waals surface area (Å²) in [6, 6.07) is 4.84. The Bertz CT molecular complexity index is 1100. The number of hydrogen-bond donors (Lipinski definition) is 0. The first-order valence-corrected chi connectivity index (χ1v) is 12.6. The van der Waals surface area contributed by atoms with E-state index in [9.17, 15) is 13.2 Å². The second-order valence-electron chi connectivity index (χ2n) is 9.90. The van der Waals surface area contributed by atoms with Crippen molar-refractivity contribution in [3.05, 3.63) is 59.5 Å². The van der Waals surface area contributed by atoms with Gasteiger partial charge in [0.05, 0.1) is 11.3 Å². The first kappa shape index (κ1) is 26.0. The molecule has 36 heavy (non-hydrogen) atoms. The molecule has 4 heterocycles. The SMILES string of the molecule is CC(C)=C/C=C\C(C)c1cc(N2CCN(c3ncccc3C(F)(F)F)CC2)nc(N2CCCC2C)n1. The summed E-state index contributed by atoms with van der Waals surface area (Å²) in [6.45, 7) is 11.4. The molecule has 0 N–H and O–H groups in total. The number of aromatic nitrogens is 3. The molecular weight excluding hydrogens is 465 g/mol. The van der Waals surface area contributed by atoms with Crippen molar-refractivity contribution in [2.24, 2.45) is 0 Å². The highest BCUT2D eigenvalue weighted by Gasteiger charge is 2.36. The topological polar surface area (TPSA) is 48.4 Å². The quantitative estimate of drug-likeness (QED) is 0.465. The second-order valence-corrected chi connectivity index (χ2v) is 9.90. The average Bonchev–Trinajstić information content (AvgIpc) is 3.29. The molecular formula is C27H35F3N6. The Morgan fingerprint density at radius 3 is 2.44 bits per heavy atom. The third-order valence-corrected chi connectivity index (χ3v) is 6.82. The van der Waals surface area contributed by atoms with Crippen LogP contribution in [0.3, 0.4) is 0 Å². The number of halogens is 3. The van der Waals surface area contributed by atoms with Crippen LogP contribution in [-0.4, -0.2) is 53.7 Å². The van der Waals surface area contributed by atoms with Crippen LogP contribution in [0.15, 0.2) is 48.2 Å². The van der Waals surface area contributed by atoms with E-state index in [4.69, 9.17) is 9.97 Å². The summed E-state index contributed by atoms with van der Waals surface area (Å²) in [4.78, 5) is 20.0. The van der Waals surface area contributed by atoms with Gasteiger partial charge in [-0.15, -0.1) is 0 Å². The van der Waals surface area contributed by atoms with Crippen LogP contribution in [-0.2, 0) is 6.18 Å². The van der Waals surface area contributed by atoms with E-state index in [1.54, 1.807) is 4.90 Å². The van der Waals surface area contributed by atoms with Gasteiger partial charge in [-0.1, -0.05) is 30.7 Å². The minimum atomic E-state index is -4.43. The second kappa shape index (κ2) is 10.9. The Hall–Kier alpha value is -3.10. The van der Waals surface area contributed by atoms with Gasteiger partial charge in [-0.25, -0.2) is 9.97 Å². The van der Waals surface area contributed by atoms with Gasteiger partial charge in [0.25, 0.3) is 0 Å². The molecule has 0 aliphatic carbocycles. The standard InChI is InChI=1S/C27H35F3N6/c1-19(2)8-5-9-20(3)23-18-24(33-26(32-23)36-13-7-10-21(36)4)34-14-16-35(17-15-34)25-22(27(28,29)30)11-6-12-31-25/h5-6,8-9,11-12,18,20-21H,7,10,13-17H2,1-4H3/b9-5-. The van der Waals surface area contributed by atoms with Crippen molar-refractivity contribution in [3.63, 3.8) is 0 Å². The Labute approximate surface area is 211 Å². The molecule has 2 atom stereocenters. The molecule has 0 radical (unpaired) electrons. The van der Waals surface area contributed by atoms with Crippen LogP contribution >= 0.6 is 0 Å². The molecule has 2 aliphatic heterocycles. The smallest absolute Gasteiger partial charge is 0.353 e. The number of anilines is 3. The van der Waals surface area contributed by atoms with E-state index in [2.05, 4.69) is 60.7 Å². The van der Waals surface area contributed by atoms with Gasteiger partial charge >= 0.3 is 6.18 Å². The summed E-state index contributed by atoms with van der Waals surface area (Å²) in [6.07, 6.45) is 5.49. The van der Waals surface area contributed by atoms with Crippen LogP contribution in [0, 0.1) is 0 Å². The van der Waals surface area contributed by atoms with Gasteiger partial charge in [0, 0.05) is 56.9 Å². The van der Waals surface area contributed by atoms with Crippen molar-refractivity contribution in [2.45, 2.75) is 58.7 Å². The molecule has 2 unspecified atom stereocenters. The molecule has 2 aliphatic rings. The maximum Gasteiger partial charge on any atom is 0.419 e. The lowest BCUT2D eigenvalue weighted by atomic mass is 10.1. The molecule has 2 aromatic rings. The molecule has 0 aromatic carbocycles. The monoisotopic (exact) mass is 500 g/mol. The molecule has 0 bridgehead atoms. The van der Waals surface area contributed by atoms with E-state index in [0.717, 1.165) is 42.9 Å². The van der Waals surface area contributed by atoms with E-state index < -0.39 is 11.7 Å². The van der Waals surface area contributed by atoms with Gasteiger partial charge in [-0.2, -0.15) is 18.2 Å². The highest BCUT2D eigenvalue weighted by atomic mass is 19.4. The number of rotatable bonds is 6. The highest BCUT2D eigenvalue weighted by Crippen LogP contribution is 2.36. The zero-order valence-electron chi connectivity index (χ0n) is 21.5. The molecule has 194 valence electrons. The Kier molecular flexibility index (Phi) is 7.85. The zero-order valence-corrected chi connectivity index (χ0v) is 21.5. The number of alkyl halides is 3. The Morgan fingerprint density at radius 1 is 1.08 bits per heavy atom. The molecule has 2 saturated heterocycles. The maximum atomic E-state index is 13.5. The van der Waals surface area contributed by atoms with Crippen molar-refractivity contribution >= 4 is 17.6 Å². The average molecular weight is 501 g/mol. The molecule has 0 spiro atoms. The van der Waals surface area contributed by atoms with Crippen molar-refractivity contribution in [1.29, 1.82) is 0 Å². The van der Waals surface area contributed by atoms with Crippen LogP contribution < -0.4 is 14.7 Å². The highest BCUT2D eigenvalue weighted by molar-refractivity contribution is 5.53. The summed E-state index contributed by atoms with van der Waals surface area (Å²) in [5.74, 6) is 1.66. The van der Waals surface area contributed by atoms with Crippen LogP contribution in [0.1, 0.15) is 57.7 Å². The van der Waals surface area contributed by atoms with Crippen LogP contribution in [0.4, 0.5) is 30.8 Å². The van der Waals surface area contributed by atoms with E-state index in [1.165, 1.54) is 17.8 Å². The van der Waals surface area contributed by atoms with Gasteiger partial charge < -0.3 is 14.7 Å². The van der Waals surface area contributed by atoms with Crippen molar-refractivity contribution in [2.75, 3.05) is 47.4 Å². The van der Waals surface area contributed by atoms with Gasteiger partial charge in [-0.3, -0.25) is 0 Å². The fourth-order valence-electron chi connectivity index (χ4n) is 4.72. The Morgan fingerprint density at radius 2 is 1.81 bits per heavy atom. The van der Waals surface area contributed by atoms with Crippen LogP contribution in [0.25, 0.3) is 0 Å². The van der Waals surface area contributed by atoms with Crippen molar-refractivity contribution in [3.8, 4) is 0 Å². The van der Waals surface area contributed by atoms with Crippen LogP contribution in [0.5, 0.6) is 0 Å². The lowest BCUT2D eigenvalue weighted by Gasteiger charge is -2.37. The van der Waals surface area contributed by atoms with Gasteiger partial charge in [-0.05, 0) is 45.7 Å². The number of piperazine rings is 1. The summed E-state index contributed by atoms with van der Waals surface area (Å²) in [7, 11) is 0. The number of nitrogens with zero attached hydrogens (tertiary/aromatic N) is 6. The minimum Gasteiger partial charge on any atom is -0.353 e. The molecule has 2 fully saturated rings. The van der Waals surface area contributed by atoms with Gasteiger partial charge in [0.2, 0.25) is 5.95 Å². The molecule has 4 rings (SSSR count). The molecule has 0 amide bonds. The Balaban J connectivity index is 1.58. The van der Waals surface area contributed by atoms with Crippen LogP contribution in [0.2, 0.25) is 0 Å². The predicted octanol–water partition coefficient (Wildman–Crippen LogP) is 5.83. The first-order valence-electron chi connectivity index (χ1n) is 12.6. The van der Waals surface area contributed by atoms with Gasteiger partial charge in [0.1, 0.15) is 11.6 Å². The third kappa shape index (κ3) is 5.99. The summed E-state index contributed by atoms with van der Waals surface area (Å²) >= 11 is 0. The van der Waals surface area contributed by atoms with E-state index in [0.29, 0.717) is 32.2 Å². The molecule has 0 saturated carbocycles. The maximum absolute atomic E-state index is 13.5. The molecule has 2 aromatic heterocycles. The zero-order chi connectivity index (χ0) is 25.9. The normalized spacial score (nSPS) is 19.8. The van der Waals surface area contributed by atoms with Crippen molar-refractivity contribution in [1.82, 2.24) is 15.0 Å².